The summed E-state index contributed by atoms with van der Waals surface area (Å²) in [7, 11) is 0. The van der Waals surface area contributed by atoms with Crippen LogP contribution in [0.25, 0.3) is 0 Å². The Hall–Kier alpha value is -0.0500. The zero-order valence-corrected chi connectivity index (χ0v) is 9.94. The summed E-state index contributed by atoms with van der Waals surface area (Å²) in [5, 5.41) is 0. The maximum atomic E-state index is 6.23. The molecule has 2 N–H and O–H groups in total. The Bertz CT molecular complexity index is 310. The molecule has 3 unspecified atom stereocenters. The summed E-state index contributed by atoms with van der Waals surface area (Å²) in [5.74, 6) is 1.52. The van der Waals surface area contributed by atoms with E-state index in [-0.39, 0.29) is 6.04 Å². The number of hydrogen-bond donors (Lipinski definition) is 1. The first-order valence-corrected chi connectivity index (χ1v) is 6.37. The number of nitrogens with two attached hydrogens (primary N) is 1. The lowest BCUT2D eigenvalue weighted by Gasteiger charge is -2.17. The van der Waals surface area contributed by atoms with E-state index in [9.17, 15) is 0 Å². The van der Waals surface area contributed by atoms with Crippen LogP contribution in [0.1, 0.15) is 37.1 Å². The van der Waals surface area contributed by atoms with Crippen LogP contribution in [0, 0.1) is 11.8 Å². The van der Waals surface area contributed by atoms with Crippen LogP contribution in [0.5, 0.6) is 0 Å². The lowest BCUT2D eigenvalue weighted by atomic mass is 9.96. The van der Waals surface area contributed by atoms with E-state index in [4.69, 9.17) is 17.3 Å². The highest BCUT2D eigenvalue weighted by molar-refractivity contribution is 7.16. The predicted molar refractivity (Wildman–Crippen MR) is 62.8 cm³/mol. The highest BCUT2D eigenvalue weighted by Gasteiger charge is 2.28. The average Bonchev–Trinajstić information content (AvgIpc) is 2.73. The van der Waals surface area contributed by atoms with Gasteiger partial charge in [-0.15, -0.1) is 11.3 Å². The molecule has 1 fully saturated rings. The molecule has 1 aliphatic carbocycles. The molecule has 1 heterocycles. The molecule has 78 valence electrons. The highest BCUT2D eigenvalue weighted by atomic mass is 35.5. The molecule has 0 bridgehead atoms. The molecule has 0 saturated heterocycles. The molecule has 0 aliphatic heterocycles. The largest absolute Gasteiger partial charge is 0.323 e. The van der Waals surface area contributed by atoms with Crippen molar-refractivity contribution in [3.8, 4) is 0 Å². The SMILES string of the molecule is CC1CCC(C(N)c2ccc(Cl)s2)C1. The highest BCUT2D eigenvalue weighted by Crippen LogP contribution is 2.39. The summed E-state index contributed by atoms with van der Waals surface area (Å²) in [6.07, 6.45) is 3.88. The van der Waals surface area contributed by atoms with Crippen molar-refractivity contribution in [3.05, 3.63) is 21.3 Å². The van der Waals surface area contributed by atoms with E-state index in [0.717, 1.165) is 10.3 Å². The minimum absolute atomic E-state index is 0.206. The van der Waals surface area contributed by atoms with E-state index in [0.29, 0.717) is 5.92 Å². The third-order valence-electron chi connectivity index (χ3n) is 3.17. The minimum atomic E-state index is 0.206. The molecule has 1 aromatic rings. The Morgan fingerprint density at radius 3 is 2.79 bits per heavy atom. The number of halogens is 1. The molecule has 1 aromatic heterocycles. The normalized spacial score (nSPS) is 29.4. The smallest absolute Gasteiger partial charge is 0.0931 e. The van der Waals surface area contributed by atoms with Gasteiger partial charge in [-0.05, 0) is 36.8 Å². The Kier molecular flexibility index (Phi) is 3.15. The molecular formula is C11H16ClNS. The van der Waals surface area contributed by atoms with Crippen LogP contribution in [0.3, 0.4) is 0 Å². The zero-order chi connectivity index (χ0) is 10.1. The van der Waals surface area contributed by atoms with Gasteiger partial charge in [0.05, 0.1) is 4.34 Å². The lowest BCUT2D eigenvalue weighted by molar-refractivity contribution is 0.433. The van der Waals surface area contributed by atoms with Gasteiger partial charge in [0.25, 0.3) is 0 Å². The van der Waals surface area contributed by atoms with Gasteiger partial charge in [-0.25, -0.2) is 0 Å². The summed E-state index contributed by atoms with van der Waals surface area (Å²) >= 11 is 7.53. The monoisotopic (exact) mass is 229 g/mol. The first-order valence-electron chi connectivity index (χ1n) is 5.17. The predicted octanol–water partition coefficient (Wildman–Crippen LogP) is 3.84. The Labute approximate surface area is 94.3 Å². The van der Waals surface area contributed by atoms with E-state index in [1.54, 1.807) is 11.3 Å². The minimum Gasteiger partial charge on any atom is -0.323 e. The summed E-state index contributed by atoms with van der Waals surface area (Å²) < 4.78 is 0.849. The summed E-state index contributed by atoms with van der Waals surface area (Å²) in [6.45, 7) is 2.31. The van der Waals surface area contributed by atoms with Gasteiger partial charge >= 0.3 is 0 Å². The van der Waals surface area contributed by atoms with Gasteiger partial charge in [-0.1, -0.05) is 24.9 Å². The molecule has 2 rings (SSSR count). The van der Waals surface area contributed by atoms with Crippen molar-refractivity contribution in [2.75, 3.05) is 0 Å². The number of rotatable bonds is 2. The second kappa shape index (κ2) is 4.21. The third kappa shape index (κ3) is 2.13. The van der Waals surface area contributed by atoms with E-state index in [1.807, 2.05) is 6.07 Å². The second-order valence-corrected chi connectivity index (χ2v) is 6.09. The molecule has 3 heteroatoms. The van der Waals surface area contributed by atoms with E-state index >= 15 is 0 Å². The van der Waals surface area contributed by atoms with Crippen LogP contribution < -0.4 is 5.73 Å². The second-order valence-electron chi connectivity index (χ2n) is 4.35. The molecule has 0 radical (unpaired) electrons. The van der Waals surface area contributed by atoms with Crippen LogP contribution in [-0.4, -0.2) is 0 Å². The third-order valence-corrected chi connectivity index (χ3v) is 4.50. The number of hydrogen-bond acceptors (Lipinski definition) is 2. The first kappa shape index (κ1) is 10.5. The van der Waals surface area contributed by atoms with Crippen molar-refractivity contribution in [2.24, 2.45) is 17.6 Å². The summed E-state index contributed by atoms with van der Waals surface area (Å²) in [5.41, 5.74) is 6.23. The van der Waals surface area contributed by atoms with Crippen LogP contribution in [0.2, 0.25) is 4.34 Å². The van der Waals surface area contributed by atoms with Crippen molar-refractivity contribution in [1.29, 1.82) is 0 Å². The topological polar surface area (TPSA) is 26.0 Å². The zero-order valence-electron chi connectivity index (χ0n) is 8.37. The molecule has 0 amide bonds. The van der Waals surface area contributed by atoms with Crippen LogP contribution in [0.15, 0.2) is 12.1 Å². The van der Waals surface area contributed by atoms with Gasteiger partial charge in [0.1, 0.15) is 0 Å². The Morgan fingerprint density at radius 1 is 1.50 bits per heavy atom. The van der Waals surface area contributed by atoms with E-state index in [2.05, 4.69) is 13.0 Å². The standard InChI is InChI=1S/C11H16ClNS/c1-7-2-3-8(6-7)11(13)9-4-5-10(12)14-9/h4-5,7-8,11H,2-3,6,13H2,1H3. The van der Waals surface area contributed by atoms with Crippen LogP contribution in [0.4, 0.5) is 0 Å². The summed E-state index contributed by atoms with van der Waals surface area (Å²) in [4.78, 5) is 1.24. The van der Waals surface area contributed by atoms with Crippen molar-refractivity contribution >= 4 is 22.9 Å². The molecular weight excluding hydrogens is 214 g/mol. The first-order chi connectivity index (χ1) is 6.66. The van der Waals surface area contributed by atoms with Crippen LogP contribution in [-0.2, 0) is 0 Å². The fourth-order valence-corrected chi connectivity index (χ4v) is 3.47. The maximum absolute atomic E-state index is 6.23. The van der Waals surface area contributed by atoms with Gasteiger partial charge in [-0.2, -0.15) is 0 Å². The number of thiophene rings is 1. The van der Waals surface area contributed by atoms with E-state index < -0.39 is 0 Å². The molecule has 1 nitrogen and oxygen atoms in total. The fourth-order valence-electron chi connectivity index (χ4n) is 2.32. The quantitative estimate of drug-likeness (QED) is 0.820. The van der Waals surface area contributed by atoms with Gasteiger partial charge in [0, 0.05) is 10.9 Å². The molecule has 0 spiro atoms. The van der Waals surface area contributed by atoms with Crippen molar-refractivity contribution < 1.29 is 0 Å². The average molecular weight is 230 g/mol. The van der Waals surface area contributed by atoms with Crippen molar-refractivity contribution in [1.82, 2.24) is 0 Å². The van der Waals surface area contributed by atoms with Gasteiger partial charge < -0.3 is 5.73 Å². The van der Waals surface area contributed by atoms with Gasteiger partial charge in [-0.3, -0.25) is 0 Å². The Balaban J connectivity index is 2.05. The molecule has 1 aliphatic rings. The van der Waals surface area contributed by atoms with Gasteiger partial charge in [0.2, 0.25) is 0 Å². The molecule has 14 heavy (non-hydrogen) atoms. The maximum Gasteiger partial charge on any atom is 0.0931 e. The molecule has 3 atom stereocenters. The van der Waals surface area contributed by atoms with Crippen molar-refractivity contribution in [2.45, 2.75) is 32.2 Å². The fraction of sp³-hybridized carbons (Fsp3) is 0.636. The van der Waals surface area contributed by atoms with E-state index in [1.165, 1.54) is 24.1 Å². The molecule has 0 aromatic carbocycles. The lowest BCUT2D eigenvalue weighted by Crippen LogP contribution is -2.18. The van der Waals surface area contributed by atoms with Crippen LogP contribution >= 0.6 is 22.9 Å². The Morgan fingerprint density at radius 2 is 2.29 bits per heavy atom. The summed E-state index contributed by atoms with van der Waals surface area (Å²) in [6, 6.07) is 4.22. The molecule has 1 saturated carbocycles. The van der Waals surface area contributed by atoms with Gasteiger partial charge in [0.15, 0.2) is 0 Å². The van der Waals surface area contributed by atoms with Crippen molar-refractivity contribution in [3.63, 3.8) is 0 Å².